The van der Waals surface area contributed by atoms with Gasteiger partial charge in [0.25, 0.3) is 0 Å². The lowest BCUT2D eigenvalue weighted by Gasteiger charge is -2.27. The minimum atomic E-state index is -0.0959. The maximum atomic E-state index is 12.5. The van der Waals surface area contributed by atoms with Crippen molar-refractivity contribution in [2.45, 2.75) is 39.2 Å². The lowest BCUT2D eigenvalue weighted by atomic mass is 9.82. The number of rotatable bonds is 3. The smallest absolute Gasteiger partial charge is 0.328 e. The number of aromatic nitrogens is 2. The maximum absolute atomic E-state index is 12.5. The molecule has 1 heterocycles. The summed E-state index contributed by atoms with van der Waals surface area (Å²) in [5.74, 6) is 0.379. The summed E-state index contributed by atoms with van der Waals surface area (Å²) in [4.78, 5) is 24.2. The van der Waals surface area contributed by atoms with Crippen molar-refractivity contribution in [1.29, 1.82) is 0 Å². The third kappa shape index (κ3) is 2.92. The van der Waals surface area contributed by atoms with Gasteiger partial charge in [0, 0.05) is 13.6 Å². The first-order chi connectivity index (χ1) is 11.0. The third-order valence-corrected chi connectivity index (χ3v) is 5.12. The molecule has 0 N–H and O–H groups in total. The molecule has 5 nitrogen and oxygen atoms in total. The molecule has 124 valence electrons. The van der Waals surface area contributed by atoms with Gasteiger partial charge in [-0.2, -0.15) is 0 Å². The Morgan fingerprint density at radius 2 is 1.91 bits per heavy atom. The first-order valence-electron chi connectivity index (χ1n) is 8.25. The summed E-state index contributed by atoms with van der Waals surface area (Å²) in [7, 11) is 3.27. The average molecular weight is 316 g/mol. The highest BCUT2D eigenvalue weighted by atomic mass is 16.5. The van der Waals surface area contributed by atoms with Gasteiger partial charge in [-0.3, -0.25) is 13.9 Å². The van der Waals surface area contributed by atoms with Gasteiger partial charge in [-0.15, -0.1) is 0 Å². The topological polar surface area (TPSA) is 53.2 Å². The number of esters is 1. The molecular formula is C18H24N2O3. The van der Waals surface area contributed by atoms with Crippen molar-refractivity contribution in [1.82, 2.24) is 9.13 Å². The molecule has 5 heteroatoms. The monoisotopic (exact) mass is 316 g/mol. The summed E-state index contributed by atoms with van der Waals surface area (Å²) in [5, 5.41) is 0. The van der Waals surface area contributed by atoms with Gasteiger partial charge in [-0.1, -0.05) is 6.07 Å². The normalized spacial score (nSPS) is 21.5. The molecule has 3 rings (SSSR count). The maximum Gasteiger partial charge on any atom is 0.328 e. The number of imidazole rings is 1. The Labute approximate surface area is 135 Å². The number of carbonyl (C=O) groups excluding carboxylic acids is 1. The van der Waals surface area contributed by atoms with Crippen LogP contribution in [0, 0.1) is 18.8 Å². The SMILES string of the molecule is COC(=O)[C@H]1CC[C@H](Cn2c(=O)n(C)c3ccc(C)cc32)CC1. The van der Waals surface area contributed by atoms with Crippen LogP contribution >= 0.6 is 0 Å². The molecule has 0 spiro atoms. The van der Waals surface area contributed by atoms with E-state index in [4.69, 9.17) is 4.74 Å². The number of aryl methyl sites for hydroxylation is 2. The highest BCUT2D eigenvalue weighted by molar-refractivity contribution is 5.76. The molecule has 1 saturated carbocycles. The Kier molecular flexibility index (Phi) is 4.28. The highest BCUT2D eigenvalue weighted by Gasteiger charge is 2.27. The fraction of sp³-hybridized carbons (Fsp3) is 0.556. The van der Waals surface area contributed by atoms with Crippen molar-refractivity contribution >= 4 is 17.0 Å². The van der Waals surface area contributed by atoms with Crippen molar-refractivity contribution in [3.05, 3.63) is 34.2 Å². The Bertz CT molecular complexity index is 779. The van der Waals surface area contributed by atoms with E-state index in [1.165, 1.54) is 7.11 Å². The van der Waals surface area contributed by atoms with Gasteiger partial charge in [0.05, 0.1) is 24.1 Å². The zero-order chi connectivity index (χ0) is 16.6. The Hall–Kier alpha value is -2.04. The molecular weight excluding hydrogens is 292 g/mol. The van der Waals surface area contributed by atoms with Crippen LogP contribution in [0.3, 0.4) is 0 Å². The Morgan fingerprint density at radius 3 is 2.57 bits per heavy atom. The molecule has 0 aliphatic heterocycles. The fourth-order valence-electron chi connectivity index (χ4n) is 3.70. The molecule has 0 atom stereocenters. The molecule has 2 aromatic rings. The number of methoxy groups -OCH3 is 1. The van der Waals surface area contributed by atoms with Gasteiger partial charge < -0.3 is 4.74 Å². The molecule has 1 aliphatic carbocycles. The van der Waals surface area contributed by atoms with Crippen LogP contribution in [-0.4, -0.2) is 22.2 Å². The Balaban J connectivity index is 1.80. The van der Waals surface area contributed by atoms with Crippen molar-refractivity contribution in [3.63, 3.8) is 0 Å². The number of benzene rings is 1. The first-order valence-corrected chi connectivity index (χ1v) is 8.25. The summed E-state index contributed by atoms with van der Waals surface area (Å²) in [5.41, 5.74) is 3.18. The van der Waals surface area contributed by atoms with Gasteiger partial charge >= 0.3 is 11.7 Å². The summed E-state index contributed by atoms with van der Waals surface area (Å²) in [6.45, 7) is 2.77. The van der Waals surface area contributed by atoms with Crippen LogP contribution in [0.1, 0.15) is 31.2 Å². The molecule has 1 aliphatic rings. The molecule has 23 heavy (non-hydrogen) atoms. The van der Waals surface area contributed by atoms with E-state index in [0.29, 0.717) is 5.92 Å². The van der Waals surface area contributed by atoms with Crippen LogP contribution in [0.15, 0.2) is 23.0 Å². The van der Waals surface area contributed by atoms with Crippen molar-refractivity contribution < 1.29 is 9.53 Å². The van der Waals surface area contributed by atoms with Crippen molar-refractivity contribution in [3.8, 4) is 0 Å². The third-order valence-electron chi connectivity index (χ3n) is 5.12. The van der Waals surface area contributed by atoms with E-state index in [9.17, 15) is 9.59 Å². The number of ether oxygens (including phenoxy) is 1. The molecule has 0 radical (unpaired) electrons. The van der Waals surface area contributed by atoms with Crippen LogP contribution < -0.4 is 5.69 Å². The lowest BCUT2D eigenvalue weighted by molar-refractivity contribution is -0.146. The summed E-state index contributed by atoms with van der Waals surface area (Å²) >= 11 is 0. The molecule has 0 unspecified atom stereocenters. The van der Waals surface area contributed by atoms with Gasteiger partial charge in [0.2, 0.25) is 0 Å². The Morgan fingerprint density at radius 1 is 1.22 bits per heavy atom. The van der Waals surface area contributed by atoms with Crippen LogP contribution in [0.2, 0.25) is 0 Å². The summed E-state index contributed by atoms with van der Waals surface area (Å²) < 4.78 is 8.45. The van der Waals surface area contributed by atoms with Gasteiger partial charge in [0.1, 0.15) is 0 Å². The number of carbonyl (C=O) groups is 1. The molecule has 1 aromatic carbocycles. The predicted molar refractivity (Wildman–Crippen MR) is 89.4 cm³/mol. The van der Waals surface area contributed by atoms with E-state index in [-0.39, 0.29) is 17.6 Å². The minimum Gasteiger partial charge on any atom is -0.469 e. The zero-order valence-electron chi connectivity index (χ0n) is 14.0. The van der Waals surface area contributed by atoms with E-state index >= 15 is 0 Å². The van der Waals surface area contributed by atoms with E-state index in [1.807, 2.05) is 30.7 Å². The summed E-state index contributed by atoms with van der Waals surface area (Å²) in [6, 6.07) is 6.13. The highest BCUT2D eigenvalue weighted by Crippen LogP contribution is 2.31. The van der Waals surface area contributed by atoms with Crippen LogP contribution in [0.25, 0.3) is 11.0 Å². The summed E-state index contributed by atoms with van der Waals surface area (Å²) in [6.07, 6.45) is 3.65. The van der Waals surface area contributed by atoms with E-state index in [2.05, 4.69) is 6.07 Å². The van der Waals surface area contributed by atoms with Crippen molar-refractivity contribution in [2.24, 2.45) is 18.9 Å². The van der Waals surface area contributed by atoms with Crippen LogP contribution in [0.4, 0.5) is 0 Å². The van der Waals surface area contributed by atoms with Gasteiger partial charge in [-0.05, 0) is 56.2 Å². The molecule has 0 amide bonds. The fourth-order valence-corrected chi connectivity index (χ4v) is 3.70. The largest absolute Gasteiger partial charge is 0.469 e. The second-order valence-electron chi connectivity index (χ2n) is 6.69. The van der Waals surface area contributed by atoms with E-state index in [1.54, 1.807) is 4.57 Å². The van der Waals surface area contributed by atoms with Crippen LogP contribution in [-0.2, 0) is 23.1 Å². The molecule has 1 aromatic heterocycles. The molecule has 0 bridgehead atoms. The van der Waals surface area contributed by atoms with Crippen molar-refractivity contribution in [2.75, 3.05) is 7.11 Å². The lowest BCUT2D eigenvalue weighted by Crippen LogP contribution is -2.29. The van der Waals surface area contributed by atoms with Crippen LogP contribution in [0.5, 0.6) is 0 Å². The number of fused-ring (bicyclic) bond motifs is 1. The predicted octanol–water partition coefficient (Wildman–Crippen LogP) is 2.63. The number of hydrogen-bond donors (Lipinski definition) is 0. The quantitative estimate of drug-likeness (QED) is 0.818. The van der Waals surface area contributed by atoms with E-state index < -0.39 is 0 Å². The second kappa shape index (κ2) is 6.22. The number of hydrogen-bond acceptors (Lipinski definition) is 3. The average Bonchev–Trinajstić information content (AvgIpc) is 2.79. The molecule has 0 saturated heterocycles. The van der Waals surface area contributed by atoms with Gasteiger partial charge in [0.15, 0.2) is 0 Å². The standard InChI is InChI=1S/C18H24N2O3/c1-12-4-9-15-16(10-12)20(18(22)19(15)2)11-13-5-7-14(8-6-13)17(21)23-3/h4,9-10,13-14H,5-8,11H2,1-3H3/t13-,14-. The number of nitrogens with zero attached hydrogens (tertiary/aromatic N) is 2. The first kappa shape index (κ1) is 15.8. The minimum absolute atomic E-state index is 0.0303. The second-order valence-corrected chi connectivity index (χ2v) is 6.69. The zero-order valence-corrected chi connectivity index (χ0v) is 14.0. The van der Waals surface area contributed by atoms with Gasteiger partial charge in [-0.25, -0.2) is 4.79 Å². The van der Waals surface area contributed by atoms with E-state index in [0.717, 1.165) is 48.8 Å². The molecule has 1 fully saturated rings.